The number of para-hydroxylation sites is 1. The highest BCUT2D eigenvalue weighted by molar-refractivity contribution is 6.37. The molecule has 0 saturated carbocycles. The number of nitrogens with one attached hydrogen (secondary N) is 3. The summed E-state index contributed by atoms with van der Waals surface area (Å²) in [5.74, 6) is -0.148. The third-order valence-corrected chi connectivity index (χ3v) is 4.34. The summed E-state index contributed by atoms with van der Waals surface area (Å²) in [4.78, 5) is 23.5. The lowest BCUT2D eigenvalue weighted by atomic mass is 10.00. The highest BCUT2D eigenvalue weighted by Crippen LogP contribution is 2.37. The molecule has 132 valence electrons. The molecule has 4 rings (SSSR count). The highest BCUT2D eigenvalue weighted by atomic mass is 16.2. The zero-order valence-electron chi connectivity index (χ0n) is 14.4. The van der Waals surface area contributed by atoms with Gasteiger partial charge < -0.3 is 16.0 Å². The lowest BCUT2D eigenvalue weighted by Crippen LogP contribution is -2.10. The molecule has 5 nitrogen and oxygen atoms in total. The summed E-state index contributed by atoms with van der Waals surface area (Å²) in [6, 6.07) is 24.7. The number of carbonyl (C=O) groups excluding carboxylic acids is 2. The zero-order valence-corrected chi connectivity index (χ0v) is 14.4. The maximum atomic E-state index is 12.7. The van der Waals surface area contributed by atoms with Crippen molar-refractivity contribution in [3.63, 3.8) is 0 Å². The Morgan fingerprint density at radius 1 is 0.852 bits per heavy atom. The van der Waals surface area contributed by atoms with Crippen LogP contribution in [0.1, 0.15) is 11.1 Å². The molecule has 0 spiro atoms. The molecule has 0 aliphatic carbocycles. The minimum atomic E-state index is -0.148. The largest absolute Gasteiger partial charge is 0.354 e. The van der Waals surface area contributed by atoms with Crippen LogP contribution < -0.4 is 16.0 Å². The van der Waals surface area contributed by atoms with Gasteiger partial charge in [-0.1, -0.05) is 54.6 Å². The molecule has 1 aliphatic heterocycles. The van der Waals surface area contributed by atoms with Gasteiger partial charge in [0.05, 0.1) is 11.3 Å². The number of anilines is 3. The van der Waals surface area contributed by atoms with Crippen molar-refractivity contribution < 1.29 is 9.59 Å². The first kappa shape index (κ1) is 16.6. The summed E-state index contributed by atoms with van der Waals surface area (Å²) in [5, 5.41) is 8.93. The summed E-state index contributed by atoms with van der Waals surface area (Å²) in [6.45, 7) is 0. The van der Waals surface area contributed by atoms with Gasteiger partial charge in [-0.3, -0.25) is 9.59 Å². The number of rotatable bonds is 5. The van der Waals surface area contributed by atoms with Crippen molar-refractivity contribution in [2.75, 3.05) is 16.0 Å². The first-order valence-electron chi connectivity index (χ1n) is 8.54. The van der Waals surface area contributed by atoms with Crippen LogP contribution in [0.2, 0.25) is 0 Å². The van der Waals surface area contributed by atoms with E-state index in [1.54, 1.807) is 6.07 Å². The van der Waals surface area contributed by atoms with Gasteiger partial charge >= 0.3 is 0 Å². The van der Waals surface area contributed by atoms with Crippen molar-refractivity contribution in [3.05, 3.63) is 90.0 Å². The Morgan fingerprint density at radius 2 is 1.59 bits per heavy atom. The van der Waals surface area contributed by atoms with Gasteiger partial charge in [-0.05, 0) is 29.8 Å². The van der Waals surface area contributed by atoms with E-state index < -0.39 is 0 Å². The zero-order chi connectivity index (χ0) is 18.6. The van der Waals surface area contributed by atoms with Gasteiger partial charge in [0.15, 0.2) is 0 Å². The van der Waals surface area contributed by atoms with E-state index in [-0.39, 0.29) is 5.91 Å². The van der Waals surface area contributed by atoms with Crippen molar-refractivity contribution in [1.29, 1.82) is 0 Å². The molecule has 0 aromatic heterocycles. The van der Waals surface area contributed by atoms with Gasteiger partial charge in [0.1, 0.15) is 0 Å². The van der Waals surface area contributed by atoms with E-state index in [2.05, 4.69) is 16.0 Å². The Morgan fingerprint density at radius 3 is 2.41 bits per heavy atom. The smallest absolute Gasteiger partial charge is 0.258 e. The van der Waals surface area contributed by atoms with E-state index in [9.17, 15) is 9.59 Å². The molecule has 1 aliphatic rings. The van der Waals surface area contributed by atoms with E-state index >= 15 is 0 Å². The molecule has 0 fully saturated rings. The molecule has 0 unspecified atom stereocenters. The summed E-state index contributed by atoms with van der Waals surface area (Å²) in [5.41, 5.74) is 5.29. The minimum Gasteiger partial charge on any atom is -0.354 e. The van der Waals surface area contributed by atoms with Crippen LogP contribution in [0.15, 0.2) is 78.9 Å². The van der Waals surface area contributed by atoms with Gasteiger partial charge in [0, 0.05) is 22.6 Å². The first-order chi connectivity index (χ1) is 13.3. The van der Waals surface area contributed by atoms with E-state index in [0.717, 1.165) is 22.5 Å². The van der Waals surface area contributed by atoms with E-state index in [1.807, 2.05) is 72.8 Å². The van der Waals surface area contributed by atoms with Gasteiger partial charge in [-0.25, -0.2) is 0 Å². The van der Waals surface area contributed by atoms with Crippen LogP contribution in [0.25, 0.3) is 11.3 Å². The third-order valence-electron chi connectivity index (χ3n) is 4.34. The Balaban J connectivity index is 1.85. The van der Waals surface area contributed by atoms with Crippen molar-refractivity contribution in [1.82, 2.24) is 0 Å². The molecular formula is C22H17N3O2. The first-order valence-corrected chi connectivity index (χ1v) is 8.54. The highest BCUT2D eigenvalue weighted by Gasteiger charge is 2.27. The normalized spacial score (nSPS) is 14.1. The van der Waals surface area contributed by atoms with Gasteiger partial charge in [-0.2, -0.15) is 0 Å². The lowest BCUT2D eigenvalue weighted by Gasteiger charge is -2.15. The number of carbonyl (C=O) groups is 2. The Labute approximate surface area is 156 Å². The monoisotopic (exact) mass is 355 g/mol. The topological polar surface area (TPSA) is 70.2 Å². The lowest BCUT2D eigenvalue weighted by molar-refractivity contribution is -0.110. The second-order valence-corrected chi connectivity index (χ2v) is 6.08. The number of amides is 2. The van der Waals surface area contributed by atoms with E-state index in [1.165, 1.54) is 0 Å². The predicted octanol–water partition coefficient (Wildman–Crippen LogP) is 4.19. The van der Waals surface area contributed by atoms with Gasteiger partial charge in [-0.15, -0.1) is 0 Å². The molecule has 1 heterocycles. The summed E-state index contributed by atoms with van der Waals surface area (Å²) < 4.78 is 0. The predicted molar refractivity (Wildman–Crippen MR) is 108 cm³/mol. The second kappa shape index (κ2) is 7.17. The summed E-state index contributed by atoms with van der Waals surface area (Å²) >= 11 is 0. The van der Waals surface area contributed by atoms with Gasteiger partial charge in [0.25, 0.3) is 5.91 Å². The number of hydrogen-bond acceptors (Lipinski definition) is 3. The van der Waals surface area contributed by atoms with Crippen molar-refractivity contribution in [3.8, 4) is 0 Å². The number of hydrogen-bond donors (Lipinski definition) is 3. The van der Waals surface area contributed by atoms with Crippen LogP contribution in [0.5, 0.6) is 0 Å². The molecule has 3 aromatic carbocycles. The molecule has 0 saturated heterocycles. The summed E-state index contributed by atoms with van der Waals surface area (Å²) in [6.07, 6.45) is 0.635. The van der Waals surface area contributed by atoms with Crippen molar-refractivity contribution in [2.24, 2.45) is 0 Å². The van der Waals surface area contributed by atoms with Crippen molar-refractivity contribution in [2.45, 2.75) is 0 Å². The van der Waals surface area contributed by atoms with Crippen LogP contribution in [0, 0.1) is 0 Å². The van der Waals surface area contributed by atoms with Crippen LogP contribution in [-0.4, -0.2) is 12.3 Å². The quantitative estimate of drug-likeness (QED) is 0.475. The SMILES string of the molecule is O=CNc1cccc(N/C(=C2\C(=O)Nc3ccccc32)c2ccccc2)c1. The molecule has 3 aromatic rings. The summed E-state index contributed by atoms with van der Waals surface area (Å²) in [7, 11) is 0. The molecule has 3 N–H and O–H groups in total. The van der Waals surface area contributed by atoms with Crippen LogP contribution in [0.3, 0.4) is 0 Å². The van der Waals surface area contributed by atoms with Crippen LogP contribution in [0.4, 0.5) is 17.1 Å². The fourth-order valence-corrected chi connectivity index (χ4v) is 3.15. The molecule has 0 radical (unpaired) electrons. The van der Waals surface area contributed by atoms with Crippen LogP contribution in [-0.2, 0) is 9.59 Å². The van der Waals surface area contributed by atoms with E-state index in [0.29, 0.717) is 23.4 Å². The number of fused-ring (bicyclic) bond motifs is 1. The Kier molecular flexibility index (Phi) is 4.41. The second-order valence-electron chi connectivity index (χ2n) is 6.08. The molecule has 2 amide bonds. The Bertz CT molecular complexity index is 1040. The van der Waals surface area contributed by atoms with Crippen LogP contribution >= 0.6 is 0 Å². The van der Waals surface area contributed by atoms with E-state index in [4.69, 9.17) is 0 Å². The molecular weight excluding hydrogens is 338 g/mol. The molecule has 0 atom stereocenters. The average molecular weight is 355 g/mol. The maximum absolute atomic E-state index is 12.7. The molecule has 27 heavy (non-hydrogen) atoms. The minimum absolute atomic E-state index is 0.148. The van der Waals surface area contributed by atoms with Crippen molar-refractivity contribution >= 4 is 40.6 Å². The Hall–Kier alpha value is -3.86. The standard InChI is InChI=1S/C22H17N3O2/c26-14-23-16-9-6-10-17(13-16)24-21(15-7-2-1-3-8-15)20-18-11-4-5-12-19(18)25-22(20)27/h1-14,24H,(H,23,26)(H,25,27)/b21-20-. The average Bonchev–Trinajstić information content (AvgIpc) is 3.03. The third kappa shape index (κ3) is 3.30. The molecule has 5 heteroatoms. The maximum Gasteiger partial charge on any atom is 0.258 e. The fraction of sp³-hybridized carbons (Fsp3) is 0. The molecule has 0 bridgehead atoms. The van der Waals surface area contributed by atoms with Gasteiger partial charge in [0.2, 0.25) is 6.41 Å². The number of benzene rings is 3. The fourth-order valence-electron chi connectivity index (χ4n) is 3.15.